The maximum Gasteiger partial charge on any atom is 0.273 e. The smallest absolute Gasteiger partial charge is 0.273 e. The van der Waals surface area contributed by atoms with Crippen molar-refractivity contribution in [3.05, 3.63) is 34.2 Å². The zero-order valence-corrected chi connectivity index (χ0v) is 18.7. The number of nitrogens with zero attached hydrogens (tertiary/aromatic N) is 2. The van der Waals surface area contributed by atoms with E-state index in [0.29, 0.717) is 55.2 Å². The highest BCUT2D eigenvalue weighted by atomic mass is 16.5. The normalized spacial score (nSPS) is 10.9. The number of methoxy groups -OCH3 is 1. The van der Waals surface area contributed by atoms with Gasteiger partial charge in [-0.3, -0.25) is 9.59 Å². The Morgan fingerprint density at radius 2 is 2.00 bits per heavy atom. The predicted octanol–water partition coefficient (Wildman–Crippen LogP) is 2.35. The largest absolute Gasteiger partial charge is 0.493 e. The number of ether oxygens (including phenoxy) is 3. The van der Waals surface area contributed by atoms with Gasteiger partial charge in [0.25, 0.3) is 5.56 Å². The average Bonchev–Trinajstić information content (AvgIpc) is 2.75. The van der Waals surface area contributed by atoms with Gasteiger partial charge in [-0.1, -0.05) is 13.8 Å². The van der Waals surface area contributed by atoms with Crippen molar-refractivity contribution >= 4 is 5.91 Å². The lowest BCUT2D eigenvalue weighted by Crippen LogP contribution is -2.27. The van der Waals surface area contributed by atoms with E-state index in [1.54, 1.807) is 18.2 Å². The Hall–Kier alpha value is -2.94. The van der Waals surface area contributed by atoms with E-state index in [1.165, 1.54) is 7.11 Å². The quantitative estimate of drug-likeness (QED) is 0.467. The van der Waals surface area contributed by atoms with E-state index in [0.717, 1.165) is 6.42 Å². The van der Waals surface area contributed by atoms with E-state index in [1.807, 2.05) is 6.92 Å². The van der Waals surface area contributed by atoms with Crippen molar-refractivity contribution in [2.75, 3.05) is 33.5 Å². The van der Waals surface area contributed by atoms with Crippen molar-refractivity contribution in [3.63, 3.8) is 0 Å². The molecular weight excluding hydrogens is 400 g/mol. The first-order valence-electron chi connectivity index (χ1n) is 10.6. The average molecular weight is 433 g/mol. The van der Waals surface area contributed by atoms with Gasteiger partial charge < -0.3 is 24.5 Å². The molecule has 2 rings (SSSR count). The molecule has 0 spiro atoms. The number of amides is 1. The molecule has 0 aliphatic heterocycles. The molecule has 1 aromatic heterocycles. The van der Waals surface area contributed by atoms with Gasteiger partial charge >= 0.3 is 0 Å². The van der Waals surface area contributed by atoms with Crippen LogP contribution in [0.2, 0.25) is 0 Å². The molecule has 9 heteroatoms. The third-order valence-corrected chi connectivity index (χ3v) is 4.52. The van der Waals surface area contributed by atoms with Gasteiger partial charge in [-0.2, -0.15) is 0 Å². The van der Waals surface area contributed by atoms with Gasteiger partial charge in [-0.25, -0.2) is 0 Å². The van der Waals surface area contributed by atoms with E-state index in [-0.39, 0.29) is 30.0 Å². The second kappa shape index (κ2) is 12.7. The summed E-state index contributed by atoms with van der Waals surface area (Å²) in [6.07, 6.45) is 1.34. The topological polar surface area (TPSA) is 115 Å². The fourth-order valence-corrected chi connectivity index (χ4v) is 2.76. The van der Waals surface area contributed by atoms with Gasteiger partial charge in [0.1, 0.15) is 12.3 Å². The molecule has 0 atom stereocenters. The molecular formula is C22H32N4O5. The van der Waals surface area contributed by atoms with Crippen LogP contribution in [0, 0.1) is 5.92 Å². The van der Waals surface area contributed by atoms with Crippen LogP contribution in [0.15, 0.2) is 23.0 Å². The van der Waals surface area contributed by atoms with Crippen molar-refractivity contribution in [1.29, 1.82) is 0 Å². The number of carbonyl (C=O) groups is 1. The number of carbonyl (C=O) groups excluding carboxylic acids is 1. The third-order valence-electron chi connectivity index (χ3n) is 4.52. The van der Waals surface area contributed by atoms with E-state index < -0.39 is 0 Å². The SMILES string of the molecule is CCOCCOc1ccc(-c2nnc(CCC(=O)NCCC(C)C)c(=O)[nH]2)cc1OC. The second-order valence-corrected chi connectivity index (χ2v) is 7.39. The fourth-order valence-electron chi connectivity index (χ4n) is 2.76. The predicted molar refractivity (Wildman–Crippen MR) is 117 cm³/mol. The molecule has 0 saturated carbocycles. The van der Waals surface area contributed by atoms with Gasteiger partial charge in [0, 0.05) is 31.6 Å². The number of aryl methyl sites for hydroxylation is 1. The molecule has 0 aliphatic rings. The third kappa shape index (κ3) is 8.01. The maximum atomic E-state index is 12.4. The van der Waals surface area contributed by atoms with Crippen molar-refractivity contribution < 1.29 is 19.0 Å². The minimum atomic E-state index is -0.365. The molecule has 0 saturated heterocycles. The minimum absolute atomic E-state index is 0.101. The van der Waals surface area contributed by atoms with Gasteiger partial charge in [-0.05, 0) is 37.5 Å². The fraction of sp³-hybridized carbons (Fsp3) is 0.545. The summed E-state index contributed by atoms with van der Waals surface area (Å²) in [4.78, 5) is 27.0. The van der Waals surface area contributed by atoms with Crippen LogP contribution in [0.3, 0.4) is 0 Å². The number of aromatic nitrogens is 3. The van der Waals surface area contributed by atoms with Crippen LogP contribution in [0.1, 0.15) is 39.3 Å². The minimum Gasteiger partial charge on any atom is -0.493 e. The summed E-state index contributed by atoms with van der Waals surface area (Å²) < 4.78 is 16.3. The van der Waals surface area contributed by atoms with Crippen molar-refractivity contribution in [3.8, 4) is 22.9 Å². The summed E-state index contributed by atoms with van der Waals surface area (Å²) >= 11 is 0. The van der Waals surface area contributed by atoms with Gasteiger partial charge in [0.15, 0.2) is 17.3 Å². The van der Waals surface area contributed by atoms with Crippen molar-refractivity contribution in [1.82, 2.24) is 20.5 Å². The van der Waals surface area contributed by atoms with E-state index in [9.17, 15) is 9.59 Å². The molecule has 0 fully saturated rings. The van der Waals surface area contributed by atoms with Crippen molar-refractivity contribution in [2.45, 2.75) is 40.0 Å². The Morgan fingerprint density at radius 1 is 1.19 bits per heavy atom. The highest BCUT2D eigenvalue weighted by Crippen LogP contribution is 2.31. The number of aromatic amines is 1. The molecule has 170 valence electrons. The second-order valence-electron chi connectivity index (χ2n) is 7.39. The highest BCUT2D eigenvalue weighted by Gasteiger charge is 2.12. The lowest BCUT2D eigenvalue weighted by atomic mass is 10.1. The standard InChI is InChI=1S/C22H32N4O5/c1-5-30-12-13-31-18-8-6-16(14-19(18)29-4)21-24-22(28)17(25-26-21)7-9-20(27)23-11-10-15(2)3/h6,8,14-15H,5,7,9-13H2,1-4H3,(H,23,27)(H,24,26,28). The first-order chi connectivity index (χ1) is 14.9. The monoisotopic (exact) mass is 432 g/mol. The summed E-state index contributed by atoms with van der Waals surface area (Å²) in [6, 6.07) is 5.23. The Labute approximate surface area is 182 Å². The number of nitrogens with one attached hydrogen (secondary N) is 2. The maximum absolute atomic E-state index is 12.4. The lowest BCUT2D eigenvalue weighted by molar-refractivity contribution is -0.121. The van der Waals surface area contributed by atoms with Crippen LogP contribution in [0.25, 0.3) is 11.4 Å². The Bertz CT molecular complexity index is 898. The Kier molecular flexibility index (Phi) is 9.96. The Balaban J connectivity index is 2.00. The first-order valence-corrected chi connectivity index (χ1v) is 10.6. The summed E-state index contributed by atoms with van der Waals surface area (Å²) in [7, 11) is 1.54. The number of hydrogen-bond acceptors (Lipinski definition) is 7. The Morgan fingerprint density at radius 3 is 2.68 bits per heavy atom. The summed E-state index contributed by atoms with van der Waals surface area (Å²) in [5.74, 6) is 1.82. The molecule has 31 heavy (non-hydrogen) atoms. The highest BCUT2D eigenvalue weighted by molar-refractivity contribution is 5.76. The van der Waals surface area contributed by atoms with Crippen LogP contribution in [0.4, 0.5) is 0 Å². The molecule has 2 N–H and O–H groups in total. The number of H-pyrrole nitrogens is 1. The molecule has 0 aliphatic carbocycles. The molecule has 1 aromatic carbocycles. The molecule has 1 heterocycles. The van der Waals surface area contributed by atoms with Gasteiger partial charge in [-0.15, -0.1) is 10.2 Å². The molecule has 0 radical (unpaired) electrons. The van der Waals surface area contributed by atoms with Crippen molar-refractivity contribution in [2.24, 2.45) is 5.92 Å². The van der Waals surface area contributed by atoms with Crippen LogP contribution in [-0.2, 0) is 16.0 Å². The van der Waals surface area contributed by atoms with Crippen LogP contribution in [0.5, 0.6) is 11.5 Å². The molecule has 1 amide bonds. The molecule has 0 unspecified atom stereocenters. The zero-order chi connectivity index (χ0) is 22.6. The van der Waals surface area contributed by atoms with E-state index in [2.05, 4.69) is 34.3 Å². The number of rotatable bonds is 13. The lowest BCUT2D eigenvalue weighted by Gasteiger charge is -2.12. The van der Waals surface area contributed by atoms with Crippen LogP contribution < -0.4 is 20.3 Å². The summed E-state index contributed by atoms with van der Waals surface area (Å²) in [5.41, 5.74) is 0.498. The number of benzene rings is 1. The van der Waals surface area contributed by atoms with Gasteiger partial charge in [0.05, 0.1) is 13.7 Å². The number of hydrogen-bond donors (Lipinski definition) is 2. The molecule has 0 bridgehead atoms. The van der Waals surface area contributed by atoms with Crippen LogP contribution in [-0.4, -0.2) is 54.6 Å². The first kappa shape index (κ1) is 24.3. The van der Waals surface area contributed by atoms with E-state index in [4.69, 9.17) is 14.2 Å². The summed E-state index contributed by atoms with van der Waals surface area (Å²) in [5, 5.41) is 11.0. The molecule has 2 aromatic rings. The van der Waals surface area contributed by atoms with Crippen LogP contribution >= 0.6 is 0 Å². The van der Waals surface area contributed by atoms with E-state index >= 15 is 0 Å². The van der Waals surface area contributed by atoms with Gasteiger partial charge in [0.2, 0.25) is 5.91 Å². The molecule has 9 nitrogen and oxygen atoms in total. The summed E-state index contributed by atoms with van der Waals surface area (Å²) in [6.45, 7) is 8.26. The zero-order valence-electron chi connectivity index (χ0n) is 18.7.